The highest BCUT2D eigenvalue weighted by atomic mass is 16.5. The van der Waals surface area contributed by atoms with Gasteiger partial charge >= 0.3 is 5.97 Å². The molecule has 1 amide bonds. The van der Waals surface area contributed by atoms with E-state index in [1.807, 2.05) is 0 Å². The molecule has 0 bridgehead atoms. The van der Waals surface area contributed by atoms with Gasteiger partial charge in [0.1, 0.15) is 5.75 Å². The molecular weight excluding hydrogens is 210 g/mol. The predicted octanol–water partition coefficient (Wildman–Crippen LogP) is 1.03. The van der Waals surface area contributed by atoms with Gasteiger partial charge in [0.2, 0.25) is 0 Å². The van der Waals surface area contributed by atoms with Gasteiger partial charge in [-0.05, 0) is 24.6 Å². The van der Waals surface area contributed by atoms with Crippen molar-refractivity contribution in [2.24, 2.45) is 0 Å². The van der Waals surface area contributed by atoms with Crippen molar-refractivity contribution in [1.82, 2.24) is 0 Å². The van der Waals surface area contributed by atoms with E-state index in [4.69, 9.17) is 9.84 Å². The Morgan fingerprint density at radius 2 is 2.31 bits per heavy atom. The van der Waals surface area contributed by atoms with Crippen molar-refractivity contribution in [3.8, 4) is 5.75 Å². The van der Waals surface area contributed by atoms with E-state index in [0.717, 1.165) is 0 Å². The molecule has 0 aliphatic carbocycles. The number of nitrogens with one attached hydrogen (secondary N) is 1. The van der Waals surface area contributed by atoms with E-state index in [2.05, 4.69) is 5.32 Å². The first-order valence-electron chi connectivity index (χ1n) is 4.88. The Hall–Kier alpha value is -2.04. The minimum atomic E-state index is -0.906. The number of fused-ring (bicyclic) bond motifs is 1. The second-order valence-corrected chi connectivity index (χ2v) is 3.65. The molecule has 1 aromatic rings. The molecule has 84 valence electrons. The van der Waals surface area contributed by atoms with Gasteiger partial charge in [-0.15, -0.1) is 0 Å². The zero-order valence-electron chi connectivity index (χ0n) is 8.69. The van der Waals surface area contributed by atoms with Crippen LogP contribution in [0.2, 0.25) is 0 Å². The third-order valence-corrected chi connectivity index (χ3v) is 2.33. The number of anilines is 1. The highest BCUT2D eigenvalue weighted by molar-refractivity contribution is 5.97. The van der Waals surface area contributed by atoms with Crippen molar-refractivity contribution in [2.45, 2.75) is 19.4 Å². The summed E-state index contributed by atoms with van der Waals surface area (Å²) in [5, 5.41) is 11.3. The number of carbonyl (C=O) groups excluding carboxylic acids is 1. The number of ether oxygens (including phenoxy) is 1. The number of hydrogen-bond acceptors (Lipinski definition) is 3. The zero-order chi connectivity index (χ0) is 11.7. The van der Waals surface area contributed by atoms with Gasteiger partial charge in [-0.3, -0.25) is 9.59 Å². The Bertz CT molecular complexity index is 455. The number of carbonyl (C=O) groups is 2. The van der Waals surface area contributed by atoms with Crippen molar-refractivity contribution in [3.05, 3.63) is 23.8 Å². The number of hydrogen-bond donors (Lipinski definition) is 2. The third-order valence-electron chi connectivity index (χ3n) is 2.33. The highest BCUT2D eigenvalue weighted by Crippen LogP contribution is 2.30. The van der Waals surface area contributed by atoms with Crippen LogP contribution in [0.1, 0.15) is 12.5 Å². The van der Waals surface area contributed by atoms with Gasteiger partial charge in [-0.2, -0.15) is 0 Å². The molecule has 0 saturated carbocycles. The average molecular weight is 221 g/mol. The fourth-order valence-electron chi connectivity index (χ4n) is 1.54. The van der Waals surface area contributed by atoms with E-state index in [1.165, 1.54) is 0 Å². The van der Waals surface area contributed by atoms with Crippen LogP contribution in [0.5, 0.6) is 5.75 Å². The van der Waals surface area contributed by atoms with Gasteiger partial charge in [-0.25, -0.2) is 0 Å². The molecule has 2 N–H and O–H groups in total. The molecular formula is C11H11NO4. The van der Waals surface area contributed by atoms with Crippen molar-refractivity contribution >= 4 is 17.6 Å². The first-order valence-corrected chi connectivity index (χ1v) is 4.88. The smallest absolute Gasteiger partial charge is 0.307 e. The Morgan fingerprint density at radius 1 is 1.56 bits per heavy atom. The van der Waals surface area contributed by atoms with E-state index < -0.39 is 12.1 Å². The monoisotopic (exact) mass is 221 g/mol. The first kappa shape index (κ1) is 10.5. The summed E-state index contributed by atoms with van der Waals surface area (Å²) in [6.07, 6.45) is -0.587. The molecule has 5 nitrogen and oxygen atoms in total. The molecule has 2 rings (SSSR count). The largest absolute Gasteiger partial charge is 0.481 e. The topological polar surface area (TPSA) is 75.6 Å². The number of aliphatic carboxylic acids is 1. The van der Waals surface area contributed by atoms with Gasteiger partial charge in [0.15, 0.2) is 6.10 Å². The molecule has 0 unspecified atom stereocenters. The Morgan fingerprint density at radius 3 is 3.00 bits per heavy atom. The van der Waals surface area contributed by atoms with Gasteiger partial charge in [0.05, 0.1) is 12.1 Å². The lowest BCUT2D eigenvalue weighted by molar-refractivity contribution is -0.136. The minimum Gasteiger partial charge on any atom is -0.481 e. The lowest BCUT2D eigenvalue weighted by Gasteiger charge is -2.23. The molecule has 0 fully saturated rings. The Kier molecular flexibility index (Phi) is 2.52. The van der Waals surface area contributed by atoms with Gasteiger partial charge in [0.25, 0.3) is 5.91 Å². The summed E-state index contributed by atoms with van der Waals surface area (Å²) in [5.41, 5.74) is 1.16. The average Bonchev–Trinajstić information content (AvgIpc) is 2.19. The molecule has 0 aromatic heterocycles. The number of rotatable bonds is 2. The quantitative estimate of drug-likeness (QED) is 0.782. The summed E-state index contributed by atoms with van der Waals surface area (Å²) >= 11 is 0. The summed E-state index contributed by atoms with van der Waals surface area (Å²) in [7, 11) is 0. The number of amides is 1. The summed E-state index contributed by atoms with van der Waals surface area (Å²) in [6.45, 7) is 1.66. The molecule has 1 aliphatic heterocycles. The van der Waals surface area contributed by atoms with Crippen LogP contribution in [0.15, 0.2) is 18.2 Å². The summed E-state index contributed by atoms with van der Waals surface area (Å²) in [4.78, 5) is 21.9. The number of carboxylic acids is 1. The lowest BCUT2D eigenvalue weighted by atomic mass is 10.1. The molecule has 0 saturated heterocycles. The predicted molar refractivity (Wildman–Crippen MR) is 56.5 cm³/mol. The maximum absolute atomic E-state index is 11.3. The van der Waals surface area contributed by atoms with Crippen LogP contribution in [0.4, 0.5) is 5.69 Å². The molecule has 5 heteroatoms. The molecule has 1 heterocycles. The summed E-state index contributed by atoms with van der Waals surface area (Å²) < 4.78 is 5.34. The number of benzene rings is 1. The Labute approximate surface area is 92.0 Å². The van der Waals surface area contributed by atoms with Crippen LogP contribution in [0.25, 0.3) is 0 Å². The van der Waals surface area contributed by atoms with E-state index in [-0.39, 0.29) is 12.3 Å². The molecule has 0 radical (unpaired) electrons. The molecule has 1 atom stereocenters. The second-order valence-electron chi connectivity index (χ2n) is 3.65. The standard InChI is InChI=1S/C11H11NO4/c1-6-11(15)12-8-4-7(5-10(13)14)2-3-9(8)16-6/h2-4,6H,5H2,1H3,(H,12,15)(H,13,14)/t6-/m1/s1. The van der Waals surface area contributed by atoms with Gasteiger partial charge in [0, 0.05) is 0 Å². The SMILES string of the molecule is C[C@H]1Oc2ccc(CC(=O)O)cc2NC1=O. The van der Waals surface area contributed by atoms with E-state index in [1.54, 1.807) is 25.1 Å². The minimum absolute atomic E-state index is 0.0707. The van der Waals surface area contributed by atoms with E-state index in [9.17, 15) is 9.59 Å². The van der Waals surface area contributed by atoms with E-state index in [0.29, 0.717) is 17.0 Å². The van der Waals surface area contributed by atoms with Crippen LogP contribution < -0.4 is 10.1 Å². The molecule has 1 aromatic carbocycles. The van der Waals surface area contributed by atoms with Gasteiger partial charge in [-0.1, -0.05) is 6.07 Å². The Balaban J connectivity index is 2.29. The summed E-state index contributed by atoms with van der Waals surface area (Å²) in [5.74, 6) is -0.558. The first-order chi connectivity index (χ1) is 7.56. The van der Waals surface area contributed by atoms with Crippen molar-refractivity contribution in [2.75, 3.05) is 5.32 Å². The van der Waals surface area contributed by atoms with Crippen LogP contribution in [-0.2, 0) is 16.0 Å². The normalized spacial score (nSPS) is 18.3. The zero-order valence-corrected chi connectivity index (χ0v) is 8.69. The molecule has 1 aliphatic rings. The summed E-state index contributed by atoms with van der Waals surface area (Å²) in [6, 6.07) is 4.97. The third kappa shape index (κ3) is 1.98. The van der Waals surface area contributed by atoms with Crippen molar-refractivity contribution < 1.29 is 19.4 Å². The number of carboxylic acid groups (broad SMARTS) is 1. The van der Waals surface area contributed by atoms with Crippen molar-refractivity contribution in [1.29, 1.82) is 0 Å². The van der Waals surface area contributed by atoms with Crippen LogP contribution >= 0.6 is 0 Å². The van der Waals surface area contributed by atoms with Crippen LogP contribution in [0, 0.1) is 0 Å². The van der Waals surface area contributed by atoms with Crippen LogP contribution in [0.3, 0.4) is 0 Å². The van der Waals surface area contributed by atoms with E-state index >= 15 is 0 Å². The lowest BCUT2D eigenvalue weighted by Crippen LogP contribution is -2.34. The fraction of sp³-hybridized carbons (Fsp3) is 0.273. The van der Waals surface area contributed by atoms with Crippen LogP contribution in [-0.4, -0.2) is 23.1 Å². The molecule has 16 heavy (non-hydrogen) atoms. The fourth-order valence-corrected chi connectivity index (χ4v) is 1.54. The van der Waals surface area contributed by atoms with Gasteiger partial charge < -0.3 is 15.2 Å². The second kappa shape index (κ2) is 3.84. The maximum Gasteiger partial charge on any atom is 0.307 e. The highest BCUT2D eigenvalue weighted by Gasteiger charge is 2.23. The maximum atomic E-state index is 11.3. The van der Waals surface area contributed by atoms with Crippen molar-refractivity contribution in [3.63, 3.8) is 0 Å². The molecule has 0 spiro atoms.